The zero-order valence-electron chi connectivity index (χ0n) is 12.1. The van der Waals surface area contributed by atoms with Crippen LogP contribution in [0.5, 0.6) is 0 Å². The molecule has 6 nitrogen and oxygen atoms in total. The highest BCUT2D eigenvalue weighted by atomic mass is 16.4. The van der Waals surface area contributed by atoms with Crippen molar-refractivity contribution in [2.45, 2.75) is 46.1 Å². The second kappa shape index (κ2) is 5.11. The van der Waals surface area contributed by atoms with Gasteiger partial charge in [0.05, 0.1) is 0 Å². The van der Waals surface area contributed by atoms with E-state index >= 15 is 0 Å². The van der Waals surface area contributed by atoms with Crippen molar-refractivity contribution < 1.29 is 9.90 Å². The van der Waals surface area contributed by atoms with Gasteiger partial charge in [0.25, 0.3) is 5.56 Å². The maximum absolute atomic E-state index is 12.3. The Morgan fingerprint density at radius 2 is 1.95 bits per heavy atom. The molecule has 0 aliphatic carbocycles. The first kappa shape index (κ1) is 14.3. The normalized spacial score (nSPS) is 11.7. The lowest BCUT2D eigenvalue weighted by atomic mass is 10.1. The average molecular weight is 277 g/mol. The van der Waals surface area contributed by atoms with Gasteiger partial charge in [-0.25, -0.2) is 4.68 Å². The first-order valence-electron chi connectivity index (χ1n) is 6.66. The number of carbonyl (C=O) groups is 1. The average Bonchev–Trinajstić information content (AvgIpc) is 2.77. The van der Waals surface area contributed by atoms with Gasteiger partial charge in [-0.2, -0.15) is 5.10 Å². The number of rotatable bonds is 4. The van der Waals surface area contributed by atoms with E-state index in [4.69, 9.17) is 5.11 Å². The maximum Gasteiger partial charge on any atom is 0.325 e. The Morgan fingerprint density at radius 1 is 1.30 bits per heavy atom. The molecule has 0 radical (unpaired) electrons. The third-order valence-electron chi connectivity index (χ3n) is 3.23. The molecule has 0 bridgehead atoms. The minimum Gasteiger partial charge on any atom is -0.480 e. The van der Waals surface area contributed by atoms with E-state index in [1.807, 2.05) is 40.0 Å². The molecule has 20 heavy (non-hydrogen) atoms. The minimum absolute atomic E-state index is 0.0885. The first-order valence-corrected chi connectivity index (χ1v) is 6.66. The van der Waals surface area contributed by atoms with Crippen LogP contribution in [0.2, 0.25) is 0 Å². The molecule has 0 saturated carbocycles. The van der Waals surface area contributed by atoms with Crippen molar-refractivity contribution in [3.05, 3.63) is 34.0 Å². The zero-order chi connectivity index (χ0) is 15.0. The molecule has 0 saturated heterocycles. The molecule has 108 valence electrons. The van der Waals surface area contributed by atoms with Crippen molar-refractivity contribution in [2.24, 2.45) is 0 Å². The molecule has 2 heterocycles. The Balaban J connectivity index is 2.77. The second-order valence-electron chi connectivity index (χ2n) is 5.55. The summed E-state index contributed by atoms with van der Waals surface area (Å²) in [6, 6.07) is 1.82. The standard InChI is InChI=1S/C14H19N3O3/c1-8(2)10-5-11-14(20)17(7-12(18)19)15-13(9(3)4)16(11)6-10/h5-6,8-9H,7H2,1-4H3,(H,18,19). The van der Waals surface area contributed by atoms with Crippen LogP contribution in [0.15, 0.2) is 17.1 Å². The molecular weight excluding hydrogens is 258 g/mol. The van der Waals surface area contributed by atoms with Crippen LogP contribution in [0.4, 0.5) is 0 Å². The van der Waals surface area contributed by atoms with Gasteiger partial charge in [-0.1, -0.05) is 27.7 Å². The number of fused-ring (bicyclic) bond motifs is 1. The van der Waals surface area contributed by atoms with Crippen LogP contribution >= 0.6 is 0 Å². The van der Waals surface area contributed by atoms with Crippen molar-refractivity contribution in [2.75, 3.05) is 0 Å². The maximum atomic E-state index is 12.3. The van der Waals surface area contributed by atoms with Gasteiger partial charge in [-0.3, -0.25) is 14.0 Å². The van der Waals surface area contributed by atoms with Gasteiger partial charge < -0.3 is 5.11 Å². The molecule has 2 aromatic heterocycles. The molecule has 0 atom stereocenters. The Bertz CT molecular complexity index is 710. The number of aliphatic carboxylic acids is 1. The van der Waals surface area contributed by atoms with Crippen molar-refractivity contribution in [3.63, 3.8) is 0 Å². The number of nitrogens with zero attached hydrogens (tertiary/aromatic N) is 3. The van der Waals surface area contributed by atoms with Crippen LogP contribution in [0.1, 0.15) is 50.9 Å². The molecule has 0 fully saturated rings. The van der Waals surface area contributed by atoms with Crippen molar-refractivity contribution >= 4 is 11.5 Å². The minimum atomic E-state index is -1.07. The molecule has 1 N–H and O–H groups in total. The third kappa shape index (κ3) is 2.45. The van der Waals surface area contributed by atoms with Crippen LogP contribution in [0, 0.1) is 0 Å². The monoisotopic (exact) mass is 277 g/mol. The predicted molar refractivity (Wildman–Crippen MR) is 75.3 cm³/mol. The smallest absolute Gasteiger partial charge is 0.325 e. The van der Waals surface area contributed by atoms with E-state index in [2.05, 4.69) is 5.10 Å². The summed E-state index contributed by atoms with van der Waals surface area (Å²) < 4.78 is 2.80. The molecular formula is C14H19N3O3. The number of carboxylic acid groups (broad SMARTS) is 1. The summed E-state index contributed by atoms with van der Waals surface area (Å²) in [5.74, 6) is -0.00478. The number of hydrogen-bond acceptors (Lipinski definition) is 3. The lowest BCUT2D eigenvalue weighted by Gasteiger charge is -2.11. The van der Waals surface area contributed by atoms with Crippen LogP contribution in [-0.4, -0.2) is 25.3 Å². The van der Waals surface area contributed by atoms with E-state index in [1.165, 1.54) is 0 Å². The third-order valence-corrected chi connectivity index (χ3v) is 3.23. The summed E-state index contributed by atoms with van der Waals surface area (Å²) in [6.07, 6.45) is 1.91. The summed E-state index contributed by atoms with van der Waals surface area (Å²) in [5, 5.41) is 13.1. The van der Waals surface area contributed by atoms with Crippen LogP contribution in [0.3, 0.4) is 0 Å². The van der Waals surface area contributed by atoms with Crippen molar-refractivity contribution in [1.82, 2.24) is 14.2 Å². The van der Waals surface area contributed by atoms with Crippen LogP contribution in [0.25, 0.3) is 5.52 Å². The highest BCUT2D eigenvalue weighted by molar-refractivity contribution is 5.66. The fraction of sp³-hybridized carbons (Fsp3) is 0.500. The van der Waals surface area contributed by atoms with E-state index in [9.17, 15) is 9.59 Å². The van der Waals surface area contributed by atoms with Crippen LogP contribution < -0.4 is 5.56 Å². The van der Waals surface area contributed by atoms with Gasteiger partial charge in [0.15, 0.2) is 0 Å². The van der Waals surface area contributed by atoms with Gasteiger partial charge in [0.1, 0.15) is 17.9 Å². The van der Waals surface area contributed by atoms with Crippen LogP contribution in [-0.2, 0) is 11.3 Å². The number of hydrogen-bond donors (Lipinski definition) is 1. The van der Waals surface area contributed by atoms with Crippen molar-refractivity contribution in [1.29, 1.82) is 0 Å². The topological polar surface area (TPSA) is 76.6 Å². The summed E-state index contributed by atoms with van der Waals surface area (Å²) in [5.41, 5.74) is 1.15. The Morgan fingerprint density at radius 3 is 2.45 bits per heavy atom. The summed E-state index contributed by atoms with van der Waals surface area (Å²) >= 11 is 0. The Labute approximate surface area is 116 Å². The van der Waals surface area contributed by atoms with Crippen molar-refractivity contribution in [3.8, 4) is 0 Å². The van der Waals surface area contributed by atoms with E-state index < -0.39 is 12.5 Å². The van der Waals surface area contributed by atoms with E-state index in [0.29, 0.717) is 17.3 Å². The summed E-state index contributed by atoms with van der Waals surface area (Å²) in [7, 11) is 0. The highest BCUT2D eigenvalue weighted by Crippen LogP contribution is 2.20. The molecule has 2 aromatic rings. The zero-order valence-corrected chi connectivity index (χ0v) is 12.1. The number of aromatic nitrogens is 3. The molecule has 0 aliphatic heterocycles. The lowest BCUT2D eigenvalue weighted by molar-refractivity contribution is -0.138. The molecule has 0 spiro atoms. The molecule has 0 aromatic carbocycles. The molecule has 0 amide bonds. The van der Waals surface area contributed by atoms with E-state index in [-0.39, 0.29) is 11.5 Å². The summed E-state index contributed by atoms with van der Waals surface area (Å²) in [6.45, 7) is 7.61. The number of carboxylic acids is 1. The second-order valence-corrected chi connectivity index (χ2v) is 5.55. The Kier molecular flexibility index (Phi) is 3.65. The van der Waals surface area contributed by atoms with Gasteiger partial charge in [0.2, 0.25) is 0 Å². The molecule has 0 aliphatic rings. The van der Waals surface area contributed by atoms with E-state index in [1.54, 1.807) is 4.40 Å². The molecule has 6 heteroatoms. The SMILES string of the molecule is CC(C)c1cc2c(=O)n(CC(=O)O)nc(C(C)C)n2c1. The van der Waals surface area contributed by atoms with E-state index in [0.717, 1.165) is 10.2 Å². The van der Waals surface area contributed by atoms with Gasteiger partial charge in [0, 0.05) is 12.1 Å². The fourth-order valence-electron chi connectivity index (χ4n) is 2.13. The first-order chi connectivity index (χ1) is 9.31. The van der Waals surface area contributed by atoms with Gasteiger partial charge in [-0.15, -0.1) is 0 Å². The fourth-order valence-corrected chi connectivity index (χ4v) is 2.13. The van der Waals surface area contributed by atoms with Gasteiger partial charge >= 0.3 is 5.97 Å². The quantitative estimate of drug-likeness (QED) is 0.925. The Hall–Kier alpha value is -2.11. The van der Waals surface area contributed by atoms with Gasteiger partial charge in [-0.05, 0) is 17.5 Å². The predicted octanol–water partition coefficient (Wildman–Crippen LogP) is 1.83. The molecule has 2 rings (SSSR count). The highest BCUT2D eigenvalue weighted by Gasteiger charge is 2.16. The summed E-state index contributed by atoms with van der Waals surface area (Å²) in [4.78, 5) is 23.1. The molecule has 0 unspecified atom stereocenters. The lowest BCUT2D eigenvalue weighted by Crippen LogP contribution is -2.30. The largest absolute Gasteiger partial charge is 0.480 e.